The van der Waals surface area contributed by atoms with Crippen LogP contribution in [0.1, 0.15) is 5.56 Å². The minimum Gasteiger partial charge on any atom is -0.493 e. The molecular weight excluding hydrogens is 280 g/mol. The van der Waals surface area contributed by atoms with Crippen LogP contribution in [0.15, 0.2) is 42.5 Å². The molecule has 1 aliphatic rings. The van der Waals surface area contributed by atoms with E-state index in [1.807, 2.05) is 30.3 Å². The highest BCUT2D eigenvalue weighted by Gasteiger charge is 2.23. The molecule has 0 aromatic heterocycles. The van der Waals surface area contributed by atoms with Crippen LogP contribution in [0.4, 0.5) is 0 Å². The van der Waals surface area contributed by atoms with Gasteiger partial charge in [0.05, 0.1) is 6.61 Å². The predicted octanol–water partition coefficient (Wildman–Crippen LogP) is 2.47. The summed E-state index contributed by atoms with van der Waals surface area (Å²) >= 11 is 0. The van der Waals surface area contributed by atoms with Crippen molar-refractivity contribution < 1.29 is 21.9 Å². The lowest BCUT2D eigenvalue weighted by molar-refractivity contribution is 0.356. The van der Waals surface area contributed by atoms with E-state index < -0.39 is 10.4 Å². The second kappa shape index (κ2) is 4.81. The second-order valence-corrected chi connectivity index (χ2v) is 5.41. The Morgan fingerprint density at radius 2 is 1.85 bits per heavy atom. The van der Waals surface area contributed by atoms with Crippen molar-refractivity contribution in [1.82, 2.24) is 0 Å². The molecule has 0 amide bonds. The van der Waals surface area contributed by atoms with Crippen molar-refractivity contribution in [2.45, 2.75) is 6.42 Å². The summed E-state index contributed by atoms with van der Waals surface area (Å²) in [5, 5.41) is 0. The monoisotopic (exact) mass is 292 g/mol. The van der Waals surface area contributed by atoms with Gasteiger partial charge in [0, 0.05) is 17.5 Å². The molecule has 0 saturated heterocycles. The molecule has 0 spiro atoms. The zero-order valence-electron chi connectivity index (χ0n) is 10.4. The summed E-state index contributed by atoms with van der Waals surface area (Å²) < 4.78 is 41.0. The molecule has 20 heavy (non-hydrogen) atoms. The summed E-state index contributed by atoms with van der Waals surface area (Å²) in [6.45, 7) is 0.546. The number of hydrogen-bond acceptors (Lipinski definition) is 4. The van der Waals surface area contributed by atoms with E-state index in [-0.39, 0.29) is 5.75 Å². The lowest BCUT2D eigenvalue weighted by Gasteiger charge is -2.12. The average molecular weight is 292 g/mol. The van der Waals surface area contributed by atoms with Gasteiger partial charge >= 0.3 is 10.4 Å². The highest BCUT2D eigenvalue weighted by molar-refractivity contribution is 7.81. The number of hydrogen-bond donors (Lipinski definition) is 1. The first-order chi connectivity index (χ1) is 9.54. The molecule has 5 nitrogen and oxygen atoms in total. The van der Waals surface area contributed by atoms with Crippen molar-refractivity contribution in [3.8, 4) is 22.6 Å². The van der Waals surface area contributed by atoms with Gasteiger partial charge in [0.25, 0.3) is 0 Å². The third-order valence-electron chi connectivity index (χ3n) is 3.10. The van der Waals surface area contributed by atoms with Gasteiger partial charge in [0.1, 0.15) is 5.75 Å². The molecule has 1 N–H and O–H groups in total. The number of fused-ring (bicyclic) bond motifs is 1. The van der Waals surface area contributed by atoms with Crippen molar-refractivity contribution in [2.75, 3.05) is 6.61 Å². The Kier molecular flexibility index (Phi) is 3.11. The number of benzene rings is 2. The van der Waals surface area contributed by atoms with Gasteiger partial charge in [-0.1, -0.05) is 30.3 Å². The maximum atomic E-state index is 11.0. The molecule has 0 radical (unpaired) electrons. The Bertz CT molecular complexity index is 738. The zero-order valence-corrected chi connectivity index (χ0v) is 11.3. The van der Waals surface area contributed by atoms with E-state index in [0.29, 0.717) is 24.3 Å². The molecule has 2 aromatic carbocycles. The smallest absolute Gasteiger partial charge is 0.446 e. The van der Waals surface area contributed by atoms with Gasteiger partial charge in [-0.2, -0.15) is 8.42 Å². The summed E-state index contributed by atoms with van der Waals surface area (Å²) in [5.74, 6) is 0.814. The highest BCUT2D eigenvalue weighted by atomic mass is 32.3. The molecule has 104 valence electrons. The Morgan fingerprint density at radius 3 is 2.55 bits per heavy atom. The third kappa shape index (κ3) is 2.48. The van der Waals surface area contributed by atoms with E-state index in [4.69, 9.17) is 9.29 Å². The van der Waals surface area contributed by atoms with E-state index in [9.17, 15) is 8.42 Å². The van der Waals surface area contributed by atoms with Crippen molar-refractivity contribution >= 4 is 10.4 Å². The van der Waals surface area contributed by atoms with Crippen LogP contribution in [0.3, 0.4) is 0 Å². The Labute approximate surface area is 116 Å². The van der Waals surface area contributed by atoms with Crippen LogP contribution in [0, 0.1) is 0 Å². The molecule has 0 bridgehead atoms. The van der Waals surface area contributed by atoms with Gasteiger partial charge in [0.15, 0.2) is 5.75 Å². The zero-order chi connectivity index (χ0) is 14.2. The summed E-state index contributed by atoms with van der Waals surface area (Å²) in [7, 11) is -4.57. The maximum Gasteiger partial charge on any atom is 0.446 e. The lowest BCUT2D eigenvalue weighted by atomic mass is 9.97. The molecule has 0 atom stereocenters. The molecule has 0 fully saturated rings. The Morgan fingerprint density at radius 1 is 1.10 bits per heavy atom. The van der Waals surface area contributed by atoms with E-state index in [2.05, 4.69) is 4.18 Å². The van der Waals surface area contributed by atoms with Gasteiger partial charge < -0.3 is 8.92 Å². The van der Waals surface area contributed by atoms with Gasteiger partial charge in [-0.25, -0.2) is 0 Å². The minimum absolute atomic E-state index is 0.1000. The van der Waals surface area contributed by atoms with E-state index >= 15 is 0 Å². The van der Waals surface area contributed by atoms with Crippen LogP contribution >= 0.6 is 0 Å². The molecule has 1 aliphatic heterocycles. The molecule has 2 aromatic rings. The molecule has 1 heterocycles. The van der Waals surface area contributed by atoms with Crippen LogP contribution in [-0.4, -0.2) is 19.6 Å². The number of ether oxygens (including phenoxy) is 1. The summed E-state index contributed by atoms with van der Waals surface area (Å²) in [5.41, 5.74) is 2.34. The molecular formula is C14H12O5S. The normalized spacial score (nSPS) is 13.7. The average Bonchev–Trinajstić information content (AvgIpc) is 2.86. The topological polar surface area (TPSA) is 72.8 Å². The fraction of sp³-hybridized carbons (Fsp3) is 0.143. The minimum atomic E-state index is -4.57. The molecule has 0 unspecified atom stereocenters. The number of rotatable bonds is 3. The van der Waals surface area contributed by atoms with Crippen molar-refractivity contribution in [2.24, 2.45) is 0 Å². The van der Waals surface area contributed by atoms with Crippen molar-refractivity contribution in [3.05, 3.63) is 48.0 Å². The van der Waals surface area contributed by atoms with E-state index in [1.165, 1.54) is 6.07 Å². The molecule has 6 heteroatoms. The third-order valence-corrected chi connectivity index (χ3v) is 3.49. The summed E-state index contributed by atoms with van der Waals surface area (Å²) in [6, 6.07) is 12.4. The first-order valence-electron chi connectivity index (χ1n) is 6.05. The first-order valence-corrected chi connectivity index (χ1v) is 7.42. The highest BCUT2D eigenvalue weighted by Crippen LogP contribution is 2.41. The van der Waals surface area contributed by atoms with Gasteiger partial charge in [-0.15, -0.1) is 0 Å². The van der Waals surface area contributed by atoms with Gasteiger partial charge in [-0.3, -0.25) is 4.55 Å². The van der Waals surface area contributed by atoms with Crippen LogP contribution < -0.4 is 8.92 Å². The summed E-state index contributed by atoms with van der Waals surface area (Å²) in [6.07, 6.45) is 0.669. The second-order valence-electron chi connectivity index (χ2n) is 4.39. The Balaban J connectivity index is 2.21. The SMILES string of the molecule is O=S(=O)(O)Oc1ccc2c(c1-c1ccccc1)CCO2. The van der Waals surface area contributed by atoms with Crippen LogP contribution in [-0.2, 0) is 16.8 Å². The molecule has 3 rings (SSSR count). The molecule has 0 saturated carbocycles. The van der Waals surface area contributed by atoms with E-state index in [1.54, 1.807) is 6.07 Å². The van der Waals surface area contributed by atoms with Crippen LogP contribution in [0.25, 0.3) is 11.1 Å². The first kappa shape index (κ1) is 13.0. The van der Waals surface area contributed by atoms with Crippen molar-refractivity contribution in [1.29, 1.82) is 0 Å². The fourth-order valence-corrected chi connectivity index (χ4v) is 2.72. The largest absolute Gasteiger partial charge is 0.493 e. The van der Waals surface area contributed by atoms with Crippen molar-refractivity contribution in [3.63, 3.8) is 0 Å². The van der Waals surface area contributed by atoms with Gasteiger partial charge in [0.2, 0.25) is 0 Å². The van der Waals surface area contributed by atoms with Gasteiger partial charge in [-0.05, 0) is 17.7 Å². The van der Waals surface area contributed by atoms with E-state index in [0.717, 1.165) is 11.1 Å². The summed E-state index contributed by atoms with van der Waals surface area (Å²) in [4.78, 5) is 0. The standard InChI is InChI=1S/C14H12O5S/c15-20(16,17)19-13-7-6-12-11(8-9-18-12)14(13)10-4-2-1-3-5-10/h1-7H,8-9H2,(H,15,16,17). The van der Waals surface area contributed by atoms with Crippen LogP contribution in [0.2, 0.25) is 0 Å². The molecule has 0 aliphatic carbocycles. The fourth-order valence-electron chi connectivity index (χ4n) is 2.36. The van der Waals surface area contributed by atoms with Crippen LogP contribution in [0.5, 0.6) is 11.5 Å². The quantitative estimate of drug-likeness (QED) is 0.880. The predicted molar refractivity (Wildman–Crippen MR) is 73.3 cm³/mol. The maximum absolute atomic E-state index is 11.0. The Hall–Kier alpha value is -2.05. The lowest BCUT2D eigenvalue weighted by Crippen LogP contribution is -2.08.